The molecule has 35 heavy (non-hydrogen) atoms. The molecule has 0 unspecified atom stereocenters. The fourth-order valence-electron chi connectivity index (χ4n) is 3.72. The molecule has 0 aliphatic carbocycles. The Kier molecular flexibility index (Phi) is 6.83. The minimum absolute atomic E-state index is 0.127. The van der Waals surface area contributed by atoms with E-state index >= 15 is 0 Å². The first-order valence-corrected chi connectivity index (χ1v) is 11.6. The minimum Gasteiger partial charge on any atom is -0.495 e. The van der Waals surface area contributed by atoms with Gasteiger partial charge in [-0.05, 0) is 36.1 Å². The minimum atomic E-state index is -3.59. The van der Waals surface area contributed by atoms with Crippen LogP contribution in [0.3, 0.4) is 0 Å². The molecule has 0 saturated carbocycles. The summed E-state index contributed by atoms with van der Waals surface area (Å²) in [5.74, 6) is -4.45. The molecule has 1 aliphatic rings. The van der Waals surface area contributed by atoms with E-state index in [4.69, 9.17) is 4.74 Å². The Morgan fingerprint density at radius 1 is 1.31 bits per heavy atom. The van der Waals surface area contributed by atoms with Crippen molar-refractivity contribution in [3.05, 3.63) is 52.3 Å². The van der Waals surface area contributed by atoms with Crippen LogP contribution in [-0.4, -0.2) is 62.0 Å². The molecule has 2 aromatic heterocycles. The number of nitrogens with zero attached hydrogens (tertiary/aromatic N) is 4. The Balaban J connectivity index is 1.68. The highest BCUT2D eigenvalue weighted by atomic mass is 32.1. The number of hydrogen-bond acceptors (Lipinski definition) is 8. The average molecular weight is 503 g/mol. The Bertz CT molecular complexity index is 1240. The maximum Gasteiger partial charge on any atom is 0.342 e. The molecule has 3 aromatic rings. The largest absolute Gasteiger partial charge is 0.495 e. The SMILES string of the molecule is CNC(=O)c1ccc(Nc2ncc3c(n2)N(CCc2cccs2)CC(F)(F)C(=O)N3C)c(OC)c1. The molecule has 184 valence electrons. The predicted octanol–water partition coefficient (Wildman–Crippen LogP) is 3.31. The molecule has 1 aromatic carbocycles. The lowest BCUT2D eigenvalue weighted by atomic mass is 10.1. The van der Waals surface area contributed by atoms with E-state index in [1.165, 1.54) is 43.6 Å². The van der Waals surface area contributed by atoms with Gasteiger partial charge >= 0.3 is 5.92 Å². The van der Waals surface area contributed by atoms with E-state index in [-0.39, 0.29) is 29.9 Å². The lowest BCUT2D eigenvalue weighted by Crippen LogP contribution is -2.46. The summed E-state index contributed by atoms with van der Waals surface area (Å²) in [6.45, 7) is -0.556. The van der Waals surface area contributed by atoms with E-state index < -0.39 is 18.4 Å². The third-order valence-electron chi connectivity index (χ3n) is 5.56. The van der Waals surface area contributed by atoms with Crippen LogP contribution in [0.2, 0.25) is 0 Å². The van der Waals surface area contributed by atoms with Crippen molar-refractivity contribution >= 4 is 46.3 Å². The van der Waals surface area contributed by atoms with E-state index in [0.29, 0.717) is 23.4 Å². The summed E-state index contributed by atoms with van der Waals surface area (Å²) in [6, 6.07) is 8.63. The number of amides is 2. The Morgan fingerprint density at radius 3 is 2.80 bits per heavy atom. The lowest BCUT2D eigenvalue weighted by molar-refractivity contribution is -0.140. The number of rotatable bonds is 7. The van der Waals surface area contributed by atoms with Crippen LogP contribution >= 0.6 is 11.3 Å². The molecule has 4 rings (SSSR count). The van der Waals surface area contributed by atoms with Crippen molar-refractivity contribution in [1.82, 2.24) is 15.3 Å². The molecule has 3 heterocycles. The molecule has 0 saturated heterocycles. The summed E-state index contributed by atoms with van der Waals surface area (Å²) in [5.41, 5.74) is 1.07. The number of thiophene rings is 1. The summed E-state index contributed by atoms with van der Waals surface area (Å²) in [6.07, 6.45) is 1.86. The van der Waals surface area contributed by atoms with Crippen LogP contribution in [0, 0.1) is 0 Å². The number of alkyl halides is 2. The summed E-state index contributed by atoms with van der Waals surface area (Å²) in [7, 11) is 4.27. The number of carbonyl (C=O) groups is 2. The molecule has 2 amide bonds. The van der Waals surface area contributed by atoms with Gasteiger partial charge in [-0.3, -0.25) is 9.59 Å². The van der Waals surface area contributed by atoms with Crippen LogP contribution in [-0.2, 0) is 11.2 Å². The number of aromatic nitrogens is 2. The number of carbonyl (C=O) groups excluding carboxylic acids is 2. The number of hydrogen-bond donors (Lipinski definition) is 2. The van der Waals surface area contributed by atoms with Gasteiger partial charge in [-0.25, -0.2) is 4.98 Å². The topological polar surface area (TPSA) is 99.7 Å². The number of benzene rings is 1. The van der Waals surface area contributed by atoms with Gasteiger partial charge in [0.25, 0.3) is 11.8 Å². The number of methoxy groups -OCH3 is 1. The van der Waals surface area contributed by atoms with Crippen molar-refractivity contribution in [2.45, 2.75) is 12.3 Å². The quantitative estimate of drug-likeness (QED) is 0.511. The number of halogens is 2. The van der Waals surface area contributed by atoms with Crippen LogP contribution in [0.4, 0.5) is 31.9 Å². The fraction of sp³-hybridized carbons (Fsp3) is 0.304. The third kappa shape index (κ3) is 5.02. The van der Waals surface area contributed by atoms with E-state index in [0.717, 1.165) is 9.78 Å². The summed E-state index contributed by atoms with van der Waals surface area (Å²) >= 11 is 1.53. The molecular weight excluding hydrogens is 478 g/mol. The number of fused-ring (bicyclic) bond motifs is 1. The zero-order valence-electron chi connectivity index (χ0n) is 19.3. The second-order valence-electron chi connectivity index (χ2n) is 7.84. The zero-order valence-corrected chi connectivity index (χ0v) is 20.2. The maximum absolute atomic E-state index is 14.7. The summed E-state index contributed by atoms with van der Waals surface area (Å²) < 4.78 is 34.8. The molecule has 0 radical (unpaired) electrons. The van der Waals surface area contributed by atoms with Crippen molar-refractivity contribution in [2.24, 2.45) is 0 Å². The second-order valence-corrected chi connectivity index (χ2v) is 8.87. The first-order valence-electron chi connectivity index (χ1n) is 10.7. The maximum atomic E-state index is 14.7. The highest BCUT2D eigenvalue weighted by Gasteiger charge is 2.47. The average Bonchev–Trinajstić information content (AvgIpc) is 3.37. The van der Waals surface area contributed by atoms with Gasteiger partial charge in [0.2, 0.25) is 5.95 Å². The zero-order chi connectivity index (χ0) is 25.2. The molecule has 0 spiro atoms. The van der Waals surface area contributed by atoms with Crippen LogP contribution < -0.4 is 25.2 Å². The third-order valence-corrected chi connectivity index (χ3v) is 6.50. The van der Waals surface area contributed by atoms with Crippen molar-refractivity contribution in [3.63, 3.8) is 0 Å². The van der Waals surface area contributed by atoms with Crippen LogP contribution in [0.25, 0.3) is 0 Å². The lowest BCUT2D eigenvalue weighted by Gasteiger charge is -2.25. The van der Waals surface area contributed by atoms with E-state index in [9.17, 15) is 18.4 Å². The van der Waals surface area contributed by atoms with Gasteiger partial charge in [0.15, 0.2) is 5.82 Å². The monoisotopic (exact) mass is 502 g/mol. The van der Waals surface area contributed by atoms with Crippen LogP contribution in [0.15, 0.2) is 41.9 Å². The number of ether oxygens (including phenoxy) is 1. The molecule has 12 heteroatoms. The van der Waals surface area contributed by atoms with Gasteiger partial charge in [-0.15, -0.1) is 11.3 Å². The van der Waals surface area contributed by atoms with Gasteiger partial charge < -0.3 is 25.2 Å². The number of anilines is 4. The Labute approximate surface area is 204 Å². The van der Waals surface area contributed by atoms with Crippen molar-refractivity contribution in [2.75, 3.05) is 49.4 Å². The first-order chi connectivity index (χ1) is 16.7. The Morgan fingerprint density at radius 2 is 2.11 bits per heavy atom. The van der Waals surface area contributed by atoms with Gasteiger partial charge in [-0.2, -0.15) is 13.8 Å². The smallest absolute Gasteiger partial charge is 0.342 e. The highest BCUT2D eigenvalue weighted by Crippen LogP contribution is 2.36. The van der Waals surface area contributed by atoms with Gasteiger partial charge in [0, 0.05) is 31.1 Å². The molecule has 1 aliphatic heterocycles. The Hall–Kier alpha value is -3.80. The van der Waals surface area contributed by atoms with Crippen molar-refractivity contribution < 1.29 is 23.1 Å². The molecule has 0 fully saturated rings. The summed E-state index contributed by atoms with van der Waals surface area (Å²) in [4.78, 5) is 36.4. The number of nitrogens with one attached hydrogen (secondary N) is 2. The van der Waals surface area contributed by atoms with Crippen molar-refractivity contribution in [3.8, 4) is 5.75 Å². The molecule has 0 atom stereocenters. The molecule has 0 bridgehead atoms. The molecular formula is C23H24F2N6O3S. The summed E-state index contributed by atoms with van der Waals surface area (Å²) in [5, 5.41) is 7.49. The van der Waals surface area contributed by atoms with E-state index in [1.54, 1.807) is 18.2 Å². The normalized spacial score (nSPS) is 14.8. The van der Waals surface area contributed by atoms with Crippen molar-refractivity contribution in [1.29, 1.82) is 0 Å². The fourth-order valence-corrected chi connectivity index (χ4v) is 4.42. The highest BCUT2D eigenvalue weighted by molar-refractivity contribution is 7.09. The predicted molar refractivity (Wildman–Crippen MR) is 130 cm³/mol. The molecule has 9 nitrogen and oxygen atoms in total. The van der Waals surface area contributed by atoms with Gasteiger partial charge in [0.05, 0.1) is 25.5 Å². The van der Waals surface area contributed by atoms with Gasteiger partial charge in [0.1, 0.15) is 11.4 Å². The van der Waals surface area contributed by atoms with Gasteiger partial charge in [-0.1, -0.05) is 6.07 Å². The van der Waals surface area contributed by atoms with Crippen LogP contribution in [0.1, 0.15) is 15.2 Å². The standard InChI is InChI=1S/C23H24F2N6O3S/c1-26-20(32)14-6-7-16(18(11-14)34-3)28-22-27-12-17-19(29-22)31(9-8-15-5-4-10-35-15)13-23(24,25)21(33)30(17)2/h4-7,10-12H,8-9,13H2,1-3H3,(H,26,32)(H,27,28,29). The van der Waals surface area contributed by atoms with E-state index in [2.05, 4.69) is 20.6 Å². The van der Waals surface area contributed by atoms with Crippen LogP contribution in [0.5, 0.6) is 5.75 Å². The first kappa shape index (κ1) is 24.3. The van der Waals surface area contributed by atoms with E-state index in [1.807, 2.05) is 17.5 Å². The molecule has 2 N–H and O–H groups in total. The second kappa shape index (κ2) is 9.82.